The van der Waals surface area contributed by atoms with Gasteiger partial charge in [-0.05, 0) is 12.1 Å². The average molecular weight is 183 g/mol. The number of aldehydes is 1. The molecule has 0 aromatic heterocycles. The molecule has 0 unspecified atom stereocenters. The number of para-hydroxylation sites is 2. The number of carbonyl (C=O) groups is 1. The third-order valence-corrected chi connectivity index (χ3v) is 1.91. The van der Waals surface area contributed by atoms with Gasteiger partial charge in [-0.2, -0.15) is 0 Å². The number of fused-ring (bicyclic) bond motifs is 1. The Bertz CT molecular complexity index is 376. The van der Waals surface area contributed by atoms with Crippen LogP contribution >= 0.6 is 0 Å². The van der Waals surface area contributed by atoms with E-state index >= 15 is 0 Å². The predicted molar refractivity (Wildman–Crippen MR) is 56.8 cm³/mol. The topological polar surface area (TPSA) is 29.5 Å². The number of carbonyl (C=O) groups excluding carboxylic acids is 1. The second-order valence-corrected chi connectivity index (χ2v) is 2.83. The van der Waals surface area contributed by atoms with Gasteiger partial charge in [0.25, 0.3) is 0 Å². The Balaban J connectivity index is 0.000000980. The number of hydrogen-bond donors (Lipinski definition) is 0. The zero-order chi connectivity index (χ0) is 9.26. The molecule has 0 amide bonds. The molecule has 1 aliphatic rings. The van der Waals surface area contributed by atoms with Gasteiger partial charge < -0.3 is 9.64 Å². The van der Waals surface area contributed by atoms with E-state index in [2.05, 4.69) is 0 Å². The fourth-order valence-electron chi connectivity index (χ4n) is 1.30. The Labute approximate surface area is 94.5 Å². The molecule has 0 fully saturated rings. The number of ether oxygens (including phenoxy) is 1. The second kappa shape index (κ2) is 4.36. The molecule has 0 saturated carbocycles. The van der Waals surface area contributed by atoms with Crippen molar-refractivity contribution >= 4 is 30.8 Å². The molecule has 1 aliphatic heterocycles. The monoisotopic (exact) mass is 183 g/mol. The number of nitrogens with zero attached hydrogens (tertiary/aromatic N) is 1. The minimum atomic E-state index is 0. The number of rotatable bonds is 1. The van der Waals surface area contributed by atoms with Crippen molar-refractivity contribution in [2.45, 2.75) is 0 Å². The van der Waals surface area contributed by atoms with Gasteiger partial charge in [0.2, 0.25) is 0 Å². The Hall–Kier alpha value is -1.17. The molecule has 0 bridgehead atoms. The van der Waals surface area contributed by atoms with Crippen molar-refractivity contribution in [1.82, 2.24) is 0 Å². The van der Waals surface area contributed by atoms with E-state index in [9.17, 15) is 4.79 Å². The molecule has 68 valence electrons. The van der Waals surface area contributed by atoms with Gasteiger partial charge in [-0.15, -0.1) is 0 Å². The van der Waals surface area contributed by atoms with E-state index in [1.165, 1.54) is 0 Å². The van der Waals surface area contributed by atoms with Crippen LogP contribution in [0.4, 0.5) is 5.69 Å². The van der Waals surface area contributed by atoms with Crippen LogP contribution in [0.5, 0.6) is 5.75 Å². The van der Waals surface area contributed by atoms with E-state index in [-0.39, 0.29) is 18.9 Å². The maximum atomic E-state index is 10.5. The van der Waals surface area contributed by atoms with Gasteiger partial charge in [-0.25, -0.2) is 0 Å². The molecule has 0 aliphatic carbocycles. The van der Waals surface area contributed by atoms with Crippen molar-refractivity contribution in [3.8, 4) is 5.75 Å². The second-order valence-electron chi connectivity index (χ2n) is 2.83. The van der Waals surface area contributed by atoms with Crippen LogP contribution in [0.25, 0.3) is 0 Å². The Morgan fingerprint density at radius 3 is 2.79 bits per heavy atom. The molecule has 0 radical (unpaired) electrons. The van der Waals surface area contributed by atoms with Crippen molar-refractivity contribution in [2.75, 3.05) is 11.9 Å². The number of allylic oxidation sites excluding steroid dienone is 1. The third kappa shape index (κ3) is 1.84. The summed E-state index contributed by atoms with van der Waals surface area (Å²) < 4.78 is 5.30. The van der Waals surface area contributed by atoms with E-state index < -0.39 is 0 Å². The van der Waals surface area contributed by atoms with Gasteiger partial charge in [0, 0.05) is 7.05 Å². The number of hydrogen-bond acceptors (Lipinski definition) is 3. The van der Waals surface area contributed by atoms with Crippen LogP contribution in [0.3, 0.4) is 0 Å². The van der Waals surface area contributed by atoms with Crippen LogP contribution in [-0.2, 0) is 4.79 Å². The molecule has 0 atom stereocenters. The van der Waals surface area contributed by atoms with Crippen LogP contribution in [0.1, 0.15) is 0 Å². The van der Waals surface area contributed by atoms with Gasteiger partial charge in [-0.1, -0.05) is 12.1 Å². The summed E-state index contributed by atoms with van der Waals surface area (Å²) in [6, 6.07) is 7.58. The summed E-state index contributed by atoms with van der Waals surface area (Å²) in [7, 11) is 1.88. The van der Waals surface area contributed by atoms with Gasteiger partial charge in [-0.3, -0.25) is 4.79 Å². The van der Waals surface area contributed by atoms with Crippen molar-refractivity contribution in [1.29, 1.82) is 0 Å². The first-order chi connectivity index (χ1) is 6.31. The third-order valence-electron chi connectivity index (χ3n) is 1.91. The Kier molecular flexibility index (Phi) is 3.40. The standard InChI is InChI=1S/C10H9NO2.Li.H/c1-11-6-8(7-12)13-10-5-3-2-4-9(10)11;;/h2-7H,1H3;;. The molecule has 4 heteroatoms. The minimum absolute atomic E-state index is 0. The van der Waals surface area contributed by atoms with Crippen LogP contribution < -0.4 is 9.64 Å². The molecule has 0 saturated heterocycles. The van der Waals surface area contributed by atoms with Gasteiger partial charge in [0.05, 0.1) is 11.9 Å². The average Bonchev–Trinajstić information content (AvgIpc) is 2.18. The van der Waals surface area contributed by atoms with Gasteiger partial charge in [0.15, 0.2) is 17.8 Å². The normalized spacial score (nSPS) is 13.2. The Morgan fingerprint density at radius 1 is 1.36 bits per heavy atom. The summed E-state index contributed by atoms with van der Waals surface area (Å²) in [4.78, 5) is 12.4. The molecule has 1 aromatic rings. The van der Waals surface area contributed by atoms with Crippen molar-refractivity contribution in [3.05, 3.63) is 36.2 Å². The molecule has 0 N–H and O–H groups in total. The fourth-order valence-corrected chi connectivity index (χ4v) is 1.30. The molecule has 2 rings (SSSR count). The predicted octanol–water partition coefficient (Wildman–Crippen LogP) is 0.907. The van der Waals surface area contributed by atoms with Crippen molar-refractivity contribution in [3.63, 3.8) is 0 Å². The molecule has 1 heterocycles. The maximum absolute atomic E-state index is 10.5. The molecular formula is C10H10LiNO2. The number of anilines is 1. The number of benzene rings is 1. The molecule has 1 aromatic carbocycles. The fraction of sp³-hybridized carbons (Fsp3) is 0.100. The summed E-state index contributed by atoms with van der Waals surface area (Å²) in [6.07, 6.45) is 2.36. The van der Waals surface area contributed by atoms with Crippen molar-refractivity contribution in [2.24, 2.45) is 0 Å². The van der Waals surface area contributed by atoms with Gasteiger partial charge in [0.1, 0.15) is 0 Å². The van der Waals surface area contributed by atoms with Crippen LogP contribution in [0.15, 0.2) is 36.2 Å². The quantitative estimate of drug-likeness (QED) is 0.478. The Morgan fingerprint density at radius 2 is 2.07 bits per heavy atom. The zero-order valence-electron chi connectivity index (χ0n) is 7.23. The summed E-state index contributed by atoms with van der Waals surface area (Å²) in [5.41, 5.74) is 0.966. The summed E-state index contributed by atoms with van der Waals surface area (Å²) in [6.45, 7) is 0. The van der Waals surface area contributed by atoms with Crippen LogP contribution in [-0.4, -0.2) is 32.2 Å². The molecule has 0 spiro atoms. The first-order valence-corrected chi connectivity index (χ1v) is 3.98. The zero-order valence-corrected chi connectivity index (χ0v) is 7.23. The molecule has 14 heavy (non-hydrogen) atoms. The van der Waals surface area contributed by atoms with E-state index in [0.29, 0.717) is 12.0 Å². The van der Waals surface area contributed by atoms with Crippen molar-refractivity contribution < 1.29 is 9.53 Å². The summed E-state index contributed by atoms with van der Waals surface area (Å²) in [5, 5.41) is 0. The van der Waals surface area contributed by atoms with Crippen LogP contribution in [0, 0.1) is 0 Å². The van der Waals surface area contributed by atoms with E-state index in [0.717, 1.165) is 11.4 Å². The first-order valence-electron chi connectivity index (χ1n) is 3.98. The summed E-state index contributed by atoms with van der Waals surface area (Å²) in [5.74, 6) is 1.05. The first kappa shape index (κ1) is 10.9. The summed E-state index contributed by atoms with van der Waals surface area (Å²) >= 11 is 0. The van der Waals surface area contributed by atoms with Crippen LogP contribution in [0.2, 0.25) is 0 Å². The molecule has 3 nitrogen and oxygen atoms in total. The van der Waals surface area contributed by atoms with Gasteiger partial charge >= 0.3 is 18.9 Å². The molecular weight excluding hydrogens is 173 g/mol. The van der Waals surface area contributed by atoms with E-state index in [1.54, 1.807) is 6.20 Å². The van der Waals surface area contributed by atoms with E-state index in [4.69, 9.17) is 4.74 Å². The van der Waals surface area contributed by atoms with E-state index in [1.807, 2.05) is 36.2 Å². The SMILES string of the molecule is CN1C=C(C=O)Oc2ccccc21.[LiH].